The van der Waals surface area contributed by atoms with Crippen LogP contribution in [0.4, 0.5) is 5.69 Å². The minimum atomic E-state index is -0.452. The van der Waals surface area contributed by atoms with Gasteiger partial charge in [0.15, 0.2) is 0 Å². The summed E-state index contributed by atoms with van der Waals surface area (Å²) in [4.78, 5) is 12.2. The van der Waals surface area contributed by atoms with Gasteiger partial charge in [0.1, 0.15) is 0 Å². The standard InChI is InChI=1S/C15H22N2O2/c1-2-5-11(18)10-17-15(19)13-6-3-8-14-12(13)7-4-9-16-14/h3,6,8,11,16,18H,2,4-5,7,9-10H2,1H3,(H,17,19). The van der Waals surface area contributed by atoms with Crippen LogP contribution in [0.25, 0.3) is 0 Å². The average Bonchev–Trinajstić information content (AvgIpc) is 2.44. The van der Waals surface area contributed by atoms with Crippen LogP contribution < -0.4 is 10.6 Å². The zero-order chi connectivity index (χ0) is 13.7. The topological polar surface area (TPSA) is 61.4 Å². The number of amides is 1. The summed E-state index contributed by atoms with van der Waals surface area (Å²) in [6.45, 7) is 3.31. The van der Waals surface area contributed by atoms with Crippen molar-refractivity contribution in [2.24, 2.45) is 0 Å². The van der Waals surface area contributed by atoms with E-state index in [0.717, 1.165) is 42.6 Å². The molecule has 0 fully saturated rings. The molecule has 1 aliphatic rings. The molecule has 0 saturated heterocycles. The van der Waals surface area contributed by atoms with Crippen LogP contribution in [0.5, 0.6) is 0 Å². The second kappa shape index (κ2) is 6.57. The van der Waals surface area contributed by atoms with E-state index in [2.05, 4.69) is 10.6 Å². The smallest absolute Gasteiger partial charge is 0.251 e. The van der Waals surface area contributed by atoms with E-state index in [0.29, 0.717) is 13.0 Å². The number of hydrogen-bond donors (Lipinski definition) is 3. The molecule has 19 heavy (non-hydrogen) atoms. The van der Waals surface area contributed by atoms with Crippen LogP contribution >= 0.6 is 0 Å². The molecule has 1 heterocycles. The van der Waals surface area contributed by atoms with Gasteiger partial charge in [-0.15, -0.1) is 0 Å². The molecule has 0 saturated carbocycles. The Balaban J connectivity index is 2.03. The molecule has 3 N–H and O–H groups in total. The van der Waals surface area contributed by atoms with E-state index in [4.69, 9.17) is 0 Å². The maximum absolute atomic E-state index is 12.2. The number of rotatable bonds is 5. The van der Waals surface area contributed by atoms with Gasteiger partial charge in [0, 0.05) is 24.3 Å². The van der Waals surface area contributed by atoms with Crippen LogP contribution in [0.2, 0.25) is 0 Å². The highest BCUT2D eigenvalue weighted by Crippen LogP contribution is 2.25. The summed E-state index contributed by atoms with van der Waals surface area (Å²) in [6, 6.07) is 5.76. The van der Waals surface area contributed by atoms with Gasteiger partial charge in [-0.05, 0) is 37.0 Å². The molecule has 0 aromatic heterocycles. The number of aliphatic hydroxyl groups excluding tert-OH is 1. The summed E-state index contributed by atoms with van der Waals surface area (Å²) in [5.74, 6) is -0.0873. The molecule has 1 atom stereocenters. The monoisotopic (exact) mass is 262 g/mol. The summed E-state index contributed by atoms with van der Waals surface area (Å²) in [5, 5.41) is 15.8. The number of anilines is 1. The van der Waals surface area contributed by atoms with E-state index >= 15 is 0 Å². The number of hydrogen-bond acceptors (Lipinski definition) is 3. The Morgan fingerprint density at radius 1 is 1.53 bits per heavy atom. The fraction of sp³-hybridized carbons (Fsp3) is 0.533. The predicted octanol–water partition coefficient (Wildman–Crippen LogP) is 1.94. The van der Waals surface area contributed by atoms with Crippen LogP contribution in [0.1, 0.15) is 42.1 Å². The normalized spacial score (nSPS) is 15.3. The van der Waals surface area contributed by atoms with Crippen molar-refractivity contribution in [2.75, 3.05) is 18.4 Å². The quantitative estimate of drug-likeness (QED) is 0.760. The molecule has 4 nitrogen and oxygen atoms in total. The molecule has 1 aromatic rings. The molecule has 104 valence electrons. The molecule has 0 radical (unpaired) electrons. The number of carbonyl (C=O) groups is 1. The van der Waals surface area contributed by atoms with E-state index in [1.165, 1.54) is 0 Å². The summed E-state index contributed by atoms with van der Waals surface area (Å²) in [6.07, 6.45) is 3.17. The maximum Gasteiger partial charge on any atom is 0.251 e. The molecule has 2 rings (SSSR count). The molecule has 0 aliphatic carbocycles. The highest BCUT2D eigenvalue weighted by molar-refractivity contribution is 5.97. The van der Waals surface area contributed by atoms with Crippen LogP contribution in [0.3, 0.4) is 0 Å². The summed E-state index contributed by atoms with van der Waals surface area (Å²) < 4.78 is 0. The Morgan fingerprint density at radius 2 is 2.37 bits per heavy atom. The Morgan fingerprint density at radius 3 is 3.16 bits per heavy atom. The fourth-order valence-corrected chi connectivity index (χ4v) is 2.46. The minimum absolute atomic E-state index is 0.0873. The Hall–Kier alpha value is -1.55. The first kappa shape index (κ1) is 13.9. The first-order valence-corrected chi connectivity index (χ1v) is 7.04. The van der Waals surface area contributed by atoms with Crippen molar-refractivity contribution >= 4 is 11.6 Å². The SMILES string of the molecule is CCCC(O)CNC(=O)c1cccc2c1CCCN2. The lowest BCUT2D eigenvalue weighted by molar-refractivity contribution is 0.0909. The molecule has 0 bridgehead atoms. The summed E-state index contributed by atoms with van der Waals surface area (Å²) >= 11 is 0. The van der Waals surface area contributed by atoms with Crippen molar-refractivity contribution in [3.05, 3.63) is 29.3 Å². The van der Waals surface area contributed by atoms with E-state index < -0.39 is 6.10 Å². The number of aliphatic hydroxyl groups is 1. The van der Waals surface area contributed by atoms with Crippen molar-refractivity contribution in [3.63, 3.8) is 0 Å². The Labute approximate surface area is 114 Å². The first-order valence-electron chi connectivity index (χ1n) is 7.04. The van der Waals surface area contributed by atoms with Crippen LogP contribution in [0.15, 0.2) is 18.2 Å². The van der Waals surface area contributed by atoms with Gasteiger partial charge in [0.25, 0.3) is 5.91 Å². The van der Waals surface area contributed by atoms with E-state index in [-0.39, 0.29) is 5.91 Å². The molecule has 4 heteroatoms. The second-order valence-electron chi connectivity index (χ2n) is 5.01. The van der Waals surface area contributed by atoms with E-state index in [9.17, 15) is 9.90 Å². The number of nitrogens with one attached hydrogen (secondary N) is 2. The average molecular weight is 262 g/mol. The van der Waals surface area contributed by atoms with Gasteiger partial charge in [-0.1, -0.05) is 19.4 Å². The van der Waals surface area contributed by atoms with Gasteiger partial charge in [-0.3, -0.25) is 4.79 Å². The third kappa shape index (κ3) is 3.47. The Bertz CT molecular complexity index is 446. The van der Waals surface area contributed by atoms with Gasteiger partial charge in [-0.25, -0.2) is 0 Å². The highest BCUT2D eigenvalue weighted by Gasteiger charge is 2.17. The molecular formula is C15H22N2O2. The van der Waals surface area contributed by atoms with Gasteiger partial charge in [0.2, 0.25) is 0 Å². The van der Waals surface area contributed by atoms with Crippen molar-refractivity contribution < 1.29 is 9.90 Å². The molecule has 1 amide bonds. The lowest BCUT2D eigenvalue weighted by atomic mass is 9.97. The van der Waals surface area contributed by atoms with Gasteiger partial charge < -0.3 is 15.7 Å². The Kier molecular flexibility index (Phi) is 4.80. The molecule has 1 aromatic carbocycles. The van der Waals surface area contributed by atoms with Crippen LogP contribution in [-0.4, -0.2) is 30.2 Å². The third-order valence-electron chi connectivity index (χ3n) is 3.46. The van der Waals surface area contributed by atoms with Gasteiger partial charge >= 0.3 is 0 Å². The lowest BCUT2D eigenvalue weighted by Gasteiger charge is -2.21. The highest BCUT2D eigenvalue weighted by atomic mass is 16.3. The van der Waals surface area contributed by atoms with E-state index in [1.807, 2.05) is 25.1 Å². The van der Waals surface area contributed by atoms with Crippen LogP contribution in [-0.2, 0) is 6.42 Å². The zero-order valence-electron chi connectivity index (χ0n) is 11.4. The summed E-state index contributed by atoms with van der Waals surface area (Å²) in [7, 11) is 0. The lowest BCUT2D eigenvalue weighted by Crippen LogP contribution is -2.33. The van der Waals surface area contributed by atoms with Crippen molar-refractivity contribution in [1.82, 2.24) is 5.32 Å². The fourth-order valence-electron chi connectivity index (χ4n) is 2.46. The van der Waals surface area contributed by atoms with Crippen molar-refractivity contribution in [2.45, 2.75) is 38.7 Å². The zero-order valence-corrected chi connectivity index (χ0v) is 11.4. The van der Waals surface area contributed by atoms with E-state index in [1.54, 1.807) is 0 Å². The first-order chi connectivity index (χ1) is 9.22. The number of carbonyl (C=O) groups excluding carboxylic acids is 1. The molecule has 0 spiro atoms. The molecular weight excluding hydrogens is 240 g/mol. The van der Waals surface area contributed by atoms with Crippen molar-refractivity contribution in [1.29, 1.82) is 0 Å². The molecule has 1 unspecified atom stereocenters. The van der Waals surface area contributed by atoms with Crippen molar-refractivity contribution in [3.8, 4) is 0 Å². The largest absolute Gasteiger partial charge is 0.391 e. The summed E-state index contributed by atoms with van der Waals surface area (Å²) in [5.41, 5.74) is 2.89. The number of benzene rings is 1. The van der Waals surface area contributed by atoms with Gasteiger partial charge in [-0.2, -0.15) is 0 Å². The molecule has 1 aliphatic heterocycles. The minimum Gasteiger partial charge on any atom is -0.391 e. The van der Waals surface area contributed by atoms with Gasteiger partial charge in [0.05, 0.1) is 6.10 Å². The number of fused-ring (bicyclic) bond motifs is 1. The van der Waals surface area contributed by atoms with Crippen LogP contribution in [0, 0.1) is 0 Å². The predicted molar refractivity (Wildman–Crippen MR) is 76.5 cm³/mol. The maximum atomic E-state index is 12.2. The third-order valence-corrected chi connectivity index (χ3v) is 3.46. The second-order valence-corrected chi connectivity index (χ2v) is 5.01.